The maximum Gasteiger partial charge on any atom is 0.220 e. The van der Waals surface area contributed by atoms with Crippen LogP contribution in [0.5, 0.6) is 0 Å². The van der Waals surface area contributed by atoms with Gasteiger partial charge in [0.25, 0.3) is 0 Å². The lowest BCUT2D eigenvalue weighted by molar-refractivity contribution is -0.659. The smallest absolute Gasteiger partial charge is 0.200 e. The van der Waals surface area contributed by atoms with Crippen LogP contribution < -0.4 is 22.8 Å². The lowest BCUT2D eigenvalue weighted by atomic mass is 9.81. The van der Waals surface area contributed by atoms with Gasteiger partial charge in [0.05, 0.1) is 43.6 Å². The van der Waals surface area contributed by atoms with Crippen molar-refractivity contribution in [3.05, 3.63) is 363 Å². The highest BCUT2D eigenvalue weighted by Crippen LogP contribution is 2.51. The van der Waals surface area contributed by atoms with Crippen LogP contribution in [-0.2, 0) is 47.0 Å². The highest BCUT2D eigenvalue weighted by Gasteiger charge is 2.37. The molecule has 0 N–H and O–H groups in total. The molecule has 636 valence electrons. The quantitative estimate of drug-likeness (QED) is 0.115. The molecule has 20 rings (SSSR count). The predicted octanol–water partition coefficient (Wildman–Crippen LogP) is 29.5. The molecule has 126 heavy (non-hydrogen) atoms. The summed E-state index contributed by atoms with van der Waals surface area (Å²) in [6, 6.07) is 91.1. The number of benzene rings is 12. The Hall–Kier alpha value is -12.1. The summed E-state index contributed by atoms with van der Waals surface area (Å²) in [6.07, 6.45) is 20.1. The third-order valence-corrected chi connectivity index (χ3v) is 28.0. The normalized spacial score (nSPS) is 14.4. The molecule has 0 aliphatic heterocycles. The van der Waals surface area contributed by atoms with Crippen molar-refractivity contribution in [2.75, 3.05) is 0 Å². The Balaban J connectivity index is 0.000000120. The number of nitrogens with zero attached hydrogens (tertiary/aromatic N) is 5. The highest BCUT2D eigenvalue weighted by atomic mass is 14.9. The van der Waals surface area contributed by atoms with Gasteiger partial charge >= 0.3 is 0 Å². The Morgan fingerprint density at radius 1 is 0.317 bits per heavy atom. The van der Waals surface area contributed by atoms with Crippen molar-refractivity contribution in [3.63, 3.8) is 0 Å². The first-order valence-electron chi connectivity index (χ1n) is 48.7. The van der Waals surface area contributed by atoms with Crippen molar-refractivity contribution in [3.8, 4) is 67.4 Å². The van der Waals surface area contributed by atoms with E-state index in [4.69, 9.17) is 6.85 Å². The van der Waals surface area contributed by atoms with E-state index >= 15 is 0 Å². The number of pyridine rings is 5. The Kier molecular flexibility index (Phi) is 23.7. The van der Waals surface area contributed by atoms with Crippen LogP contribution in [0.4, 0.5) is 0 Å². The molecule has 5 heteroatoms. The summed E-state index contributed by atoms with van der Waals surface area (Å²) in [5.41, 5.74) is 32.9. The van der Waals surface area contributed by atoms with E-state index < -0.39 is 13.2 Å². The lowest BCUT2D eigenvalue weighted by Gasteiger charge is -2.22. The molecule has 3 aliphatic rings. The molecular weight excluding hydrogens is 1520 g/mol. The van der Waals surface area contributed by atoms with Gasteiger partial charge in [0.2, 0.25) is 28.5 Å². The first kappa shape index (κ1) is 81.0. The second-order valence-electron chi connectivity index (χ2n) is 38.0. The largest absolute Gasteiger partial charge is 0.220 e. The van der Waals surface area contributed by atoms with E-state index in [-0.39, 0.29) is 11.0 Å². The van der Waals surface area contributed by atoms with Crippen LogP contribution in [0.15, 0.2) is 280 Å². The highest BCUT2D eigenvalue weighted by molar-refractivity contribution is 6.00. The Bertz CT molecular complexity index is 7230. The van der Waals surface area contributed by atoms with Gasteiger partial charge < -0.3 is 0 Å². The van der Waals surface area contributed by atoms with E-state index in [2.05, 4.69) is 398 Å². The molecular formula is C121H132N5+5. The minimum Gasteiger partial charge on any atom is -0.200 e. The number of aryl methyl sites for hydroxylation is 12. The summed E-state index contributed by atoms with van der Waals surface area (Å²) >= 11 is 0. The summed E-state index contributed by atoms with van der Waals surface area (Å²) in [6.45, 7) is 30.1. The topological polar surface area (TPSA) is 19.4 Å². The standard InChI is InChI=1S/C29H30N.C24H24N.C23H26N.C23H28N.C22H24N/c1-18(2)20-11-12-22-21(16-20)13-14-30(6)28(22)24-17-27-25(15-19(24)3)23-9-7-8-10-26(23)29(27,4)5;1-16(2)18-9-10-22-21(14-18)11-12-25(4)24(22)23-15-20-8-6-5-7-19(20)13-17(23)3;1-16-8-9-17(2)22(14-16)23-21-11-10-19(18-6-4-5-7-18)15-20(21)12-13-24(23)3;1-7-18-12-16(4)13-22(17(18)5)23-21-9-8-19(15(2)3)14-20(21)10-11-24(23)6;1-16-7-3-6-10-20(16)22-21-12-11-18(17-8-4-5-9-17)15-19(21)13-14-23(22)2/h7-18H,1-6H3;5-16H,1-4H3;8-15,18H,4-7H2,1-3H3;8-15H,7H2,1-6H3;3,6-7,10-15,17H,4-5,8-9H2,1-2H3/q5*+1/i;;;4D3,7D2;. The summed E-state index contributed by atoms with van der Waals surface area (Å²) < 4.78 is 51.2. The molecule has 12 aromatic carbocycles. The van der Waals surface area contributed by atoms with Crippen molar-refractivity contribution in [1.82, 2.24) is 0 Å². The zero-order valence-corrected chi connectivity index (χ0v) is 78.3. The zero-order chi connectivity index (χ0) is 93.0. The van der Waals surface area contributed by atoms with Gasteiger partial charge in [-0.1, -0.05) is 251 Å². The summed E-state index contributed by atoms with van der Waals surface area (Å²) in [4.78, 5) is 0. The van der Waals surface area contributed by atoms with Gasteiger partial charge in [0, 0.05) is 53.7 Å². The van der Waals surface area contributed by atoms with Gasteiger partial charge in [-0.25, -0.2) is 22.8 Å². The van der Waals surface area contributed by atoms with Crippen LogP contribution in [0.3, 0.4) is 0 Å². The Labute approximate surface area is 758 Å². The number of fused-ring (bicyclic) bond motifs is 9. The SMILES string of the molecule is Cc1cc2c(cc1-c1c3ccc(C(C)C)cc3cc[n+]1C)C(C)(C)c1ccccc1-2.Cc1cc2ccccc2cc1-c1c2ccc(C(C)C)cc2cc[n+]1C.Cc1ccc(C)c(-c2c3ccc(C4CCCC4)cc3cc[n+]2C)c1.Cc1ccccc1-c1c2ccc(C3CCCC3)cc2cc[n+]1C.[2H]C([2H])([2H])c1cc(-c2c3ccc(C(C)C)cc3cc[n+]2C)c(C)c(C([2H])([2H])C)c1. The summed E-state index contributed by atoms with van der Waals surface area (Å²) in [5, 5.41) is 15.4. The van der Waals surface area contributed by atoms with Crippen LogP contribution >= 0.6 is 0 Å². The molecule has 5 nitrogen and oxygen atoms in total. The van der Waals surface area contributed by atoms with Gasteiger partial charge in [0.15, 0.2) is 31.0 Å². The Morgan fingerprint density at radius 2 is 0.690 bits per heavy atom. The average Bonchev–Trinajstić information content (AvgIpc) is 1.57. The van der Waals surface area contributed by atoms with Gasteiger partial charge in [-0.2, -0.15) is 0 Å². The van der Waals surface area contributed by atoms with Crippen LogP contribution in [0.2, 0.25) is 0 Å². The molecule has 0 atom stereocenters. The van der Waals surface area contributed by atoms with Crippen LogP contribution in [0.1, 0.15) is 234 Å². The van der Waals surface area contributed by atoms with Gasteiger partial charge in [-0.3, -0.25) is 0 Å². The minimum absolute atomic E-state index is 0.0162. The molecule has 0 unspecified atom stereocenters. The maximum atomic E-state index is 8.24. The molecule has 0 saturated heterocycles. The summed E-state index contributed by atoms with van der Waals surface area (Å²) in [5.74, 6) is 3.04. The van der Waals surface area contributed by atoms with E-state index in [1.165, 1.54) is 241 Å². The van der Waals surface area contributed by atoms with E-state index in [0.717, 1.165) is 39.4 Å². The second kappa shape index (κ2) is 36.9. The number of hydrogen-bond donors (Lipinski definition) is 0. The fourth-order valence-corrected chi connectivity index (χ4v) is 20.5. The Morgan fingerprint density at radius 3 is 1.14 bits per heavy atom. The van der Waals surface area contributed by atoms with Crippen LogP contribution in [0, 0.1) is 48.4 Å². The molecule has 5 aromatic heterocycles. The lowest BCUT2D eigenvalue weighted by Crippen LogP contribution is -2.31. The third-order valence-electron chi connectivity index (χ3n) is 28.0. The van der Waals surface area contributed by atoms with Gasteiger partial charge in [-0.15, -0.1) is 0 Å². The molecule has 17 aromatic rings. The van der Waals surface area contributed by atoms with Crippen LogP contribution in [0.25, 0.3) is 132 Å². The molecule has 2 fully saturated rings. The van der Waals surface area contributed by atoms with Gasteiger partial charge in [-0.05, 0) is 297 Å². The van der Waals surface area contributed by atoms with Crippen molar-refractivity contribution in [2.24, 2.45) is 35.2 Å². The second-order valence-corrected chi connectivity index (χ2v) is 38.0. The van der Waals surface area contributed by atoms with E-state index in [9.17, 15) is 0 Å². The molecule has 0 spiro atoms. The predicted molar refractivity (Wildman–Crippen MR) is 535 cm³/mol. The first-order valence-corrected chi connectivity index (χ1v) is 46.2. The number of hydrogen-bond acceptors (Lipinski definition) is 0. The first-order chi connectivity index (χ1) is 62.5. The molecule has 2 saturated carbocycles. The molecule has 5 heterocycles. The maximum absolute atomic E-state index is 8.24. The molecule has 0 radical (unpaired) electrons. The fraction of sp³-hybridized carbons (Fsp3) is 0.298. The fourth-order valence-electron chi connectivity index (χ4n) is 20.5. The van der Waals surface area contributed by atoms with Crippen molar-refractivity contribution < 1.29 is 29.7 Å². The third kappa shape index (κ3) is 17.6. The monoisotopic (exact) mass is 1660 g/mol. The molecule has 0 amide bonds. The molecule has 0 bridgehead atoms. The van der Waals surface area contributed by atoms with E-state index in [0.29, 0.717) is 23.3 Å². The minimum atomic E-state index is -2.31. The van der Waals surface area contributed by atoms with E-state index in [1.807, 2.05) is 24.7 Å². The van der Waals surface area contributed by atoms with Crippen molar-refractivity contribution in [2.45, 2.75) is 203 Å². The number of rotatable bonds is 11. The molecule has 3 aliphatic carbocycles. The number of aromatic nitrogens is 5. The van der Waals surface area contributed by atoms with Gasteiger partial charge in [0.1, 0.15) is 35.2 Å². The average molecular weight is 1660 g/mol. The van der Waals surface area contributed by atoms with Crippen molar-refractivity contribution in [1.29, 1.82) is 0 Å². The zero-order valence-electron chi connectivity index (χ0n) is 83.3. The van der Waals surface area contributed by atoms with Crippen molar-refractivity contribution >= 4 is 64.6 Å². The van der Waals surface area contributed by atoms with E-state index in [1.54, 1.807) is 6.07 Å². The van der Waals surface area contributed by atoms with Crippen LogP contribution in [-0.4, -0.2) is 0 Å². The summed E-state index contributed by atoms with van der Waals surface area (Å²) in [7, 11) is 10.5.